The lowest BCUT2D eigenvalue weighted by Crippen LogP contribution is -2.49. The lowest BCUT2D eigenvalue weighted by atomic mass is 10.1. The van der Waals surface area contributed by atoms with Gasteiger partial charge in [0.05, 0.1) is 38.2 Å². The van der Waals surface area contributed by atoms with E-state index < -0.39 is 6.03 Å². The number of rotatable bonds is 12. The minimum absolute atomic E-state index is 0.131. The summed E-state index contributed by atoms with van der Waals surface area (Å²) in [6.07, 6.45) is 3.23. The molecule has 46 heavy (non-hydrogen) atoms. The monoisotopic (exact) mass is 643 g/mol. The van der Waals surface area contributed by atoms with Gasteiger partial charge in [-0.15, -0.1) is 11.8 Å². The third kappa shape index (κ3) is 8.00. The first-order chi connectivity index (χ1) is 22.6. The SMILES string of the molecule is COc1cc2c(Oc3ccc(NC(=O)NN4C(=O)CSC4Cc4ccccc4)cc3)ccnc2cc1OCCCN1CCOCC1. The lowest BCUT2D eigenvalue weighted by molar-refractivity contribution is -0.130. The number of anilines is 1. The summed E-state index contributed by atoms with van der Waals surface area (Å²) < 4.78 is 23.4. The van der Waals surface area contributed by atoms with E-state index >= 15 is 0 Å². The molecule has 2 N–H and O–H groups in total. The quantitative estimate of drug-likeness (QED) is 0.198. The number of hydrogen-bond donors (Lipinski definition) is 2. The molecule has 0 spiro atoms. The van der Waals surface area contributed by atoms with Gasteiger partial charge in [-0.25, -0.2) is 15.2 Å². The van der Waals surface area contributed by atoms with E-state index in [4.69, 9.17) is 18.9 Å². The number of urea groups is 1. The van der Waals surface area contributed by atoms with Crippen molar-refractivity contribution in [3.8, 4) is 23.0 Å². The normalized spacial score (nSPS) is 16.8. The van der Waals surface area contributed by atoms with Gasteiger partial charge in [-0.3, -0.25) is 14.7 Å². The predicted molar refractivity (Wildman–Crippen MR) is 178 cm³/mol. The van der Waals surface area contributed by atoms with Gasteiger partial charge in [0.15, 0.2) is 11.5 Å². The van der Waals surface area contributed by atoms with Crippen LogP contribution < -0.4 is 25.0 Å². The number of hydrogen-bond acceptors (Lipinski definition) is 9. The van der Waals surface area contributed by atoms with E-state index in [1.165, 1.54) is 16.8 Å². The number of nitrogens with zero attached hydrogens (tertiary/aromatic N) is 3. The number of benzene rings is 3. The Morgan fingerprint density at radius 3 is 2.61 bits per heavy atom. The highest BCUT2D eigenvalue weighted by atomic mass is 32.2. The first-order valence-corrected chi connectivity index (χ1v) is 16.3. The molecule has 0 radical (unpaired) electrons. The summed E-state index contributed by atoms with van der Waals surface area (Å²) in [4.78, 5) is 32.2. The molecule has 2 aliphatic rings. The summed E-state index contributed by atoms with van der Waals surface area (Å²) in [6, 6.07) is 22.0. The van der Waals surface area contributed by atoms with E-state index in [1.807, 2.05) is 42.5 Å². The number of amides is 3. The van der Waals surface area contributed by atoms with E-state index in [1.54, 1.807) is 43.6 Å². The molecular formula is C34H37N5O6S. The van der Waals surface area contributed by atoms with Crippen molar-refractivity contribution in [2.75, 3.05) is 57.6 Å². The number of pyridine rings is 1. The van der Waals surface area contributed by atoms with E-state index in [0.29, 0.717) is 47.5 Å². The van der Waals surface area contributed by atoms with Gasteiger partial charge in [0, 0.05) is 49.4 Å². The molecular weight excluding hydrogens is 606 g/mol. The minimum Gasteiger partial charge on any atom is -0.493 e. The largest absolute Gasteiger partial charge is 0.493 e. The van der Waals surface area contributed by atoms with E-state index in [0.717, 1.165) is 55.7 Å². The van der Waals surface area contributed by atoms with Crippen molar-refractivity contribution >= 4 is 40.3 Å². The second-order valence-corrected chi connectivity index (χ2v) is 12.1. The predicted octanol–water partition coefficient (Wildman–Crippen LogP) is 5.32. The highest BCUT2D eigenvalue weighted by molar-refractivity contribution is 8.01. The molecule has 1 atom stereocenters. The van der Waals surface area contributed by atoms with E-state index in [-0.39, 0.29) is 11.3 Å². The zero-order valence-electron chi connectivity index (χ0n) is 25.6. The van der Waals surface area contributed by atoms with Gasteiger partial charge in [0.25, 0.3) is 5.91 Å². The first kappa shape index (κ1) is 31.5. The molecule has 3 aromatic carbocycles. The second kappa shape index (κ2) is 15.2. The summed E-state index contributed by atoms with van der Waals surface area (Å²) in [6.45, 7) is 5.00. The maximum atomic E-state index is 12.8. The van der Waals surface area contributed by atoms with Crippen LogP contribution in [0, 0.1) is 0 Å². The molecule has 11 nitrogen and oxygen atoms in total. The number of morpholine rings is 1. The zero-order chi connectivity index (χ0) is 31.7. The van der Waals surface area contributed by atoms with Crippen LogP contribution in [0.15, 0.2) is 79.0 Å². The van der Waals surface area contributed by atoms with Gasteiger partial charge >= 0.3 is 6.03 Å². The zero-order valence-corrected chi connectivity index (χ0v) is 26.5. The number of thioether (sulfide) groups is 1. The molecule has 240 valence electrons. The smallest absolute Gasteiger partial charge is 0.338 e. The highest BCUT2D eigenvalue weighted by Gasteiger charge is 2.33. The van der Waals surface area contributed by atoms with Gasteiger partial charge < -0.3 is 24.3 Å². The molecule has 4 aromatic rings. The third-order valence-electron chi connectivity index (χ3n) is 7.74. The third-order valence-corrected chi connectivity index (χ3v) is 8.91. The number of carbonyl (C=O) groups is 2. The Hall–Kier alpha value is -4.52. The van der Waals surface area contributed by atoms with Crippen LogP contribution in [0.4, 0.5) is 10.5 Å². The van der Waals surface area contributed by atoms with Crippen molar-refractivity contribution in [2.45, 2.75) is 18.2 Å². The van der Waals surface area contributed by atoms with Crippen molar-refractivity contribution in [1.29, 1.82) is 0 Å². The maximum absolute atomic E-state index is 12.8. The highest BCUT2D eigenvalue weighted by Crippen LogP contribution is 2.37. The Balaban J connectivity index is 1.05. The van der Waals surface area contributed by atoms with Crippen molar-refractivity contribution in [3.05, 3.63) is 84.6 Å². The fraction of sp³-hybridized carbons (Fsp3) is 0.324. The molecule has 2 aliphatic heterocycles. The number of fused-ring (bicyclic) bond motifs is 1. The average Bonchev–Trinajstić information content (AvgIpc) is 3.42. The number of carbonyl (C=O) groups excluding carboxylic acids is 2. The summed E-state index contributed by atoms with van der Waals surface area (Å²) in [5.74, 6) is 2.61. The van der Waals surface area contributed by atoms with Crippen LogP contribution in [0.3, 0.4) is 0 Å². The Morgan fingerprint density at radius 2 is 1.83 bits per heavy atom. The van der Waals surface area contributed by atoms with Crippen molar-refractivity contribution in [3.63, 3.8) is 0 Å². The summed E-state index contributed by atoms with van der Waals surface area (Å²) in [5, 5.41) is 4.81. The number of aromatic nitrogens is 1. The molecule has 2 fully saturated rings. The average molecular weight is 644 g/mol. The summed E-state index contributed by atoms with van der Waals surface area (Å²) >= 11 is 1.51. The number of hydrazine groups is 1. The maximum Gasteiger partial charge on any atom is 0.338 e. The molecule has 2 saturated heterocycles. The Morgan fingerprint density at radius 1 is 1.02 bits per heavy atom. The van der Waals surface area contributed by atoms with Crippen molar-refractivity contribution in [2.24, 2.45) is 0 Å². The molecule has 12 heteroatoms. The molecule has 3 amide bonds. The molecule has 1 aromatic heterocycles. The standard InChI is InChI=1S/C34H37N5O6S/c1-42-30-21-27-28(22-31(30)44-17-5-14-38-15-18-43-19-16-38)35-13-12-29(27)45-26-10-8-25(9-11-26)36-34(41)37-39-32(40)23-46-33(39)20-24-6-3-2-4-7-24/h2-4,6-13,21-22,33H,5,14-20,23H2,1H3,(H2,36,37,41). The van der Waals surface area contributed by atoms with Crippen LogP contribution in [0.5, 0.6) is 23.0 Å². The summed E-state index contributed by atoms with van der Waals surface area (Å²) in [7, 11) is 1.61. The van der Waals surface area contributed by atoms with Crippen LogP contribution >= 0.6 is 11.8 Å². The van der Waals surface area contributed by atoms with Gasteiger partial charge in [-0.1, -0.05) is 30.3 Å². The van der Waals surface area contributed by atoms with E-state index in [9.17, 15) is 9.59 Å². The Bertz CT molecular complexity index is 1630. The van der Waals surface area contributed by atoms with Crippen LogP contribution in [-0.4, -0.2) is 84.5 Å². The van der Waals surface area contributed by atoms with Crippen molar-refractivity contribution in [1.82, 2.24) is 20.3 Å². The first-order valence-electron chi connectivity index (χ1n) is 15.3. The number of ether oxygens (including phenoxy) is 4. The second-order valence-electron chi connectivity index (χ2n) is 10.9. The molecule has 1 unspecified atom stereocenters. The lowest BCUT2D eigenvalue weighted by Gasteiger charge is -2.26. The number of methoxy groups -OCH3 is 1. The van der Waals surface area contributed by atoms with Gasteiger partial charge in [-0.05, 0) is 48.4 Å². The fourth-order valence-corrected chi connectivity index (χ4v) is 6.46. The topological polar surface area (TPSA) is 114 Å². The van der Waals surface area contributed by atoms with Gasteiger partial charge in [0.2, 0.25) is 0 Å². The molecule has 3 heterocycles. The molecule has 0 saturated carbocycles. The van der Waals surface area contributed by atoms with E-state index in [2.05, 4.69) is 20.6 Å². The Kier molecular flexibility index (Phi) is 10.4. The van der Waals surface area contributed by atoms with Gasteiger partial charge in [-0.2, -0.15) is 0 Å². The molecule has 0 aliphatic carbocycles. The molecule has 6 rings (SSSR count). The molecule has 0 bridgehead atoms. The number of nitrogens with one attached hydrogen (secondary N) is 2. The van der Waals surface area contributed by atoms with Crippen LogP contribution in [0.1, 0.15) is 12.0 Å². The Labute approximate surface area is 272 Å². The van der Waals surface area contributed by atoms with Crippen LogP contribution in [-0.2, 0) is 16.0 Å². The summed E-state index contributed by atoms with van der Waals surface area (Å²) in [5.41, 5.74) is 5.09. The fourth-order valence-electron chi connectivity index (χ4n) is 5.36. The van der Waals surface area contributed by atoms with Gasteiger partial charge in [0.1, 0.15) is 16.9 Å². The minimum atomic E-state index is -0.492. The van der Waals surface area contributed by atoms with Crippen molar-refractivity contribution < 1.29 is 28.5 Å². The van der Waals surface area contributed by atoms with Crippen LogP contribution in [0.25, 0.3) is 10.9 Å². The van der Waals surface area contributed by atoms with Crippen LogP contribution in [0.2, 0.25) is 0 Å².